The molecule has 0 saturated carbocycles. The Morgan fingerprint density at radius 2 is 2.38 bits per heavy atom. The normalized spacial score (nSPS) is 9.56. The number of amides is 1. The third kappa shape index (κ3) is 4.22. The minimum absolute atomic E-state index is 0.0687. The van der Waals surface area contributed by atoms with Crippen LogP contribution in [-0.4, -0.2) is 23.9 Å². The number of methoxy groups -OCH3 is 1. The van der Waals surface area contributed by atoms with E-state index in [1.807, 2.05) is 0 Å². The summed E-state index contributed by atoms with van der Waals surface area (Å²) < 4.78 is 5.02. The highest BCUT2D eigenvalue weighted by atomic mass is 32.2. The zero-order valence-corrected chi connectivity index (χ0v) is 9.64. The number of anilines is 1. The van der Waals surface area contributed by atoms with Crippen molar-refractivity contribution in [2.24, 2.45) is 5.73 Å². The first-order valence-electron chi connectivity index (χ1n) is 4.52. The third-order valence-corrected chi connectivity index (χ3v) is 2.43. The second-order valence-electron chi connectivity index (χ2n) is 2.93. The molecule has 16 heavy (non-hydrogen) atoms. The van der Waals surface area contributed by atoms with Crippen LogP contribution in [0.3, 0.4) is 0 Å². The van der Waals surface area contributed by atoms with E-state index in [1.165, 1.54) is 0 Å². The van der Waals surface area contributed by atoms with E-state index in [2.05, 4.69) is 5.32 Å². The molecule has 0 spiro atoms. The quantitative estimate of drug-likeness (QED) is 0.545. The van der Waals surface area contributed by atoms with Crippen LogP contribution in [0.5, 0.6) is 5.75 Å². The molecule has 0 bridgehead atoms. The van der Waals surface area contributed by atoms with E-state index in [4.69, 9.17) is 15.9 Å². The molecule has 1 aromatic carbocycles. The highest BCUT2D eigenvalue weighted by Crippen LogP contribution is 2.16. The number of ether oxygens (including phenoxy) is 1. The molecule has 0 heterocycles. The smallest absolute Gasteiger partial charge is 0.234 e. The maximum absolute atomic E-state index is 11.4. The second-order valence-corrected chi connectivity index (χ2v) is 3.95. The molecule has 86 valence electrons. The number of rotatable bonds is 4. The molecule has 1 amide bonds. The first kappa shape index (κ1) is 12.4. The number of hydrogen-bond acceptors (Lipinski definition) is 4. The predicted molar refractivity (Wildman–Crippen MR) is 66.0 cm³/mol. The Labute approximate surface area is 97.9 Å². The number of nitrogens with one attached hydrogen (secondary N) is 2. The van der Waals surface area contributed by atoms with Gasteiger partial charge in [0.05, 0.1) is 12.9 Å². The Bertz CT molecular complexity index is 395. The minimum atomic E-state index is -0.201. The maximum atomic E-state index is 11.4. The molecule has 0 radical (unpaired) electrons. The molecule has 1 aromatic rings. The van der Waals surface area contributed by atoms with Gasteiger partial charge in [0.15, 0.2) is 5.17 Å². The van der Waals surface area contributed by atoms with Crippen LogP contribution < -0.4 is 15.8 Å². The fraction of sp³-hybridized carbons (Fsp3) is 0.200. The van der Waals surface area contributed by atoms with Crippen molar-refractivity contribution in [3.05, 3.63) is 24.3 Å². The van der Waals surface area contributed by atoms with Crippen molar-refractivity contribution in [2.45, 2.75) is 0 Å². The van der Waals surface area contributed by atoms with Crippen molar-refractivity contribution in [1.82, 2.24) is 0 Å². The molecule has 0 saturated heterocycles. The number of benzene rings is 1. The summed E-state index contributed by atoms with van der Waals surface area (Å²) in [6.07, 6.45) is 0. The zero-order chi connectivity index (χ0) is 12.0. The third-order valence-electron chi connectivity index (χ3n) is 1.71. The molecule has 0 unspecified atom stereocenters. The van der Waals surface area contributed by atoms with Crippen LogP contribution in [-0.2, 0) is 4.79 Å². The van der Waals surface area contributed by atoms with E-state index in [0.717, 1.165) is 11.8 Å². The summed E-state index contributed by atoms with van der Waals surface area (Å²) in [4.78, 5) is 11.4. The monoisotopic (exact) mass is 239 g/mol. The van der Waals surface area contributed by atoms with E-state index in [0.29, 0.717) is 11.4 Å². The van der Waals surface area contributed by atoms with Crippen LogP contribution >= 0.6 is 11.8 Å². The zero-order valence-electron chi connectivity index (χ0n) is 8.82. The van der Waals surface area contributed by atoms with Crippen LogP contribution in [0.15, 0.2) is 24.3 Å². The molecule has 0 aliphatic rings. The number of carbonyl (C=O) groups is 1. The van der Waals surface area contributed by atoms with Gasteiger partial charge in [-0.3, -0.25) is 10.2 Å². The molecular weight excluding hydrogens is 226 g/mol. The van der Waals surface area contributed by atoms with Gasteiger partial charge in [-0.15, -0.1) is 0 Å². The summed E-state index contributed by atoms with van der Waals surface area (Å²) in [7, 11) is 1.56. The highest BCUT2D eigenvalue weighted by molar-refractivity contribution is 8.14. The number of hydrogen-bond donors (Lipinski definition) is 3. The van der Waals surface area contributed by atoms with Gasteiger partial charge >= 0.3 is 0 Å². The van der Waals surface area contributed by atoms with Crippen LogP contribution in [0, 0.1) is 5.41 Å². The van der Waals surface area contributed by atoms with E-state index >= 15 is 0 Å². The van der Waals surface area contributed by atoms with Crippen molar-refractivity contribution in [1.29, 1.82) is 5.41 Å². The second kappa shape index (κ2) is 6.02. The maximum Gasteiger partial charge on any atom is 0.234 e. The first-order chi connectivity index (χ1) is 7.61. The SMILES string of the molecule is COc1cccc(NC(=O)CSC(=N)N)c1. The molecule has 0 fully saturated rings. The van der Waals surface area contributed by atoms with Crippen LogP contribution in [0.4, 0.5) is 5.69 Å². The van der Waals surface area contributed by atoms with Gasteiger partial charge in [-0.2, -0.15) is 0 Å². The van der Waals surface area contributed by atoms with E-state index in [-0.39, 0.29) is 16.8 Å². The Balaban J connectivity index is 2.52. The lowest BCUT2D eigenvalue weighted by Gasteiger charge is -2.06. The van der Waals surface area contributed by atoms with Gasteiger partial charge in [0.2, 0.25) is 5.91 Å². The summed E-state index contributed by atoms with van der Waals surface area (Å²) in [5.74, 6) is 0.609. The molecule has 5 nitrogen and oxygen atoms in total. The van der Waals surface area contributed by atoms with Crippen LogP contribution in [0.2, 0.25) is 0 Å². The molecule has 0 aromatic heterocycles. The Morgan fingerprint density at radius 1 is 1.62 bits per heavy atom. The number of thioether (sulfide) groups is 1. The van der Waals surface area contributed by atoms with Gasteiger partial charge < -0.3 is 15.8 Å². The van der Waals surface area contributed by atoms with E-state index in [1.54, 1.807) is 31.4 Å². The fourth-order valence-corrected chi connectivity index (χ4v) is 1.40. The predicted octanol–water partition coefficient (Wildman–Crippen LogP) is 1.26. The van der Waals surface area contributed by atoms with Crippen LogP contribution in [0.25, 0.3) is 0 Å². The molecule has 0 aliphatic carbocycles. The summed E-state index contributed by atoms with van der Waals surface area (Å²) in [5, 5.41) is 9.58. The number of carbonyl (C=O) groups excluding carboxylic acids is 1. The average molecular weight is 239 g/mol. The van der Waals surface area contributed by atoms with Crippen molar-refractivity contribution in [2.75, 3.05) is 18.2 Å². The topological polar surface area (TPSA) is 88.2 Å². The molecule has 0 aliphatic heterocycles. The summed E-state index contributed by atoms with van der Waals surface area (Å²) in [6, 6.07) is 7.06. The largest absolute Gasteiger partial charge is 0.497 e. The van der Waals surface area contributed by atoms with E-state index < -0.39 is 0 Å². The van der Waals surface area contributed by atoms with Gasteiger partial charge in [-0.05, 0) is 12.1 Å². The molecule has 6 heteroatoms. The summed E-state index contributed by atoms with van der Waals surface area (Å²) in [6.45, 7) is 0. The highest BCUT2D eigenvalue weighted by Gasteiger charge is 2.04. The Hall–Kier alpha value is -1.69. The van der Waals surface area contributed by atoms with Crippen molar-refractivity contribution < 1.29 is 9.53 Å². The first-order valence-corrected chi connectivity index (χ1v) is 5.51. The van der Waals surface area contributed by atoms with E-state index in [9.17, 15) is 4.79 Å². The van der Waals surface area contributed by atoms with Gasteiger partial charge in [0.25, 0.3) is 0 Å². The molecule has 0 atom stereocenters. The molecule has 1 rings (SSSR count). The summed E-state index contributed by atoms with van der Waals surface area (Å²) in [5.41, 5.74) is 5.79. The lowest BCUT2D eigenvalue weighted by atomic mass is 10.3. The van der Waals surface area contributed by atoms with Gasteiger partial charge in [0, 0.05) is 11.8 Å². The lowest BCUT2D eigenvalue weighted by Crippen LogP contribution is -2.17. The number of nitrogens with two attached hydrogens (primary N) is 1. The summed E-state index contributed by atoms with van der Waals surface area (Å²) >= 11 is 0.986. The Kier molecular flexibility index (Phi) is 4.65. The Morgan fingerprint density at radius 3 is 3.00 bits per heavy atom. The van der Waals surface area contributed by atoms with Gasteiger partial charge in [-0.25, -0.2) is 0 Å². The van der Waals surface area contributed by atoms with Crippen molar-refractivity contribution in [3.8, 4) is 5.75 Å². The average Bonchev–Trinajstić information content (AvgIpc) is 2.26. The standard InChI is InChI=1S/C10H13N3O2S/c1-15-8-4-2-3-7(5-8)13-9(14)6-16-10(11)12/h2-5H,6H2,1H3,(H3,11,12)(H,13,14). The molecular formula is C10H13N3O2S. The minimum Gasteiger partial charge on any atom is -0.497 e. The number of amidine groups is 1. The van der Waals surface area contributed by atoms with Crippen LogP contribution in [0.1, 0.15) is 0 Å². The molecule has 4 N–H and O–H groups in total. The fourth-order valence-electron chi connectivity index (χ4n) is 1.04. The lowest BCUT2D eigenvalue weighted by molar-refractivity contribution is -0.113. The van der Waals surface area contributed by atoms with Gasteiger partial charge in [-0.1, -0.05) is 17.8 Å². The van der Waals surface area contributed by atoms with Crippen molar-refractivity contribution >= 4 is 28.5 Å². The van der Waals surface area contributed by atoms with Crippen molar-refractivity contribution in [3.63, 3.8) is 0 Å². The van der Waals surface area contributed by atoms with Gasteiger partial charge in [0.1, 0.15) is 5.75 Å².